The first-order valence-corrected chi connectivity index (χ1v) is 4.57. The molecule has 0 atom stereocenters. The molecule has 0 saturated heterocycles. The van der Waals surface area contributed by atoms with Gasteiger partial charge in [0.15, 0.2) is 0 Å². The lowest BCUT2D eigenvalue weighted by Crippen LogP contribution is -2.33. The first-order chi connectivity index (χ1) is 7.29. The number of hydrogen-bond donors (Lipinski definition) is 2. The highest BCUT2D eigenvalue weighted by molar-refractivity contribution is 6.33. The fourth-order valence-corrected chi connectivity index (χ4v) is 1.13. The Hall–Kier alpha value is -1.43. The molecule has 1 rings (SSSR count). The SMILES string of the molecule is Nc1ccc(C(=O)NCC(F)(F)F)cc1Cl. The van der Waals surface area contributed by atoms with Gasteiger partial charge in [0.2, 0.25) is 0 Å². The van der Waals surface area contributed by atoms with E-state index in [4.69, 9.17) is 17.3 Å². The van der Waals surface area contributed by atoms with Crippen molar-refractivity contribution in [3.63, 3.8) is 0 Å². The summed E-state index contributed by atoms with van der Waals surface area (Å²) in [5.74, 6) is -0.848. The molecule has 88 valence electrons. The molecule has 0 aromatic heterocycles. The zero-order valence-corrected chi connectivity index (χ0v) is 8.69. The first-order valence-electron chi connectivity index (χ1n) is 4.19. The Morgan fingerprint density at radius 2 is 2.06 bits per heavy atom. The molecule has 0 bridgehead atoms. The third-order valence-corrected chi connectivity index (χ3v) is 2.04. The zero-order chi connectivity index (χ0) is 12.3. The van der Waals surface area contributed by atoms with Gasteiger partial charge in [-0.3, -0.25) is 4.79 Å². The molecule has 0 fully saturated rings. The summed E-state index contributed by atoms with van der Waals surface area (Å²) in [6.07, 6.45) is -4.44. The molecular weight excluding hydrogens is 245 g/mol. The van der Waals surface area contributed by atoms with Crippen molar-refractivity contribution in [3.05, 3.63) is 28.8 Å². The fraction of sp³-hybridized carbons (Fsp3) is 0.222. The van der Waals surface area contributed by atoms with Gasteiger partial charge in [0, 0.05) is 5.56 Å². The van der Waals surface area contributed by atoms with Crippen molar-refractivity contribution in [2.24, 2.45) is 0 Å². The number of benzene rings is 1. The van der Waals surface area contributed by atoms with Gasteiger partial charge < -0.3 is 11.1 Å². The Labute approximate surface area is 94.4 Å². The molecule has 3 N–H and O–H groups in total. The van der Waals surface area contributed by atoms with Crippen molar-refractivity contribution in [3.8, 4) is 0 Å². The topological polar surface area (TPSA) is 55.1 Å². The van der Waals surface area contributed by atoms with E-state index in [0.717, 1.165) is 0 Å². The van der Waals surface area contributed by atoms with E-state index in [1.807, 2.05) is 0 Å². The third-order valence-electron chi connectivity index (χ3n) is 1.71. The Morgan fingerprint density at radius 3 is 2.56 bits per heavy atom. The highest BCUT2D eigenvalue weighted by Gasteiger charge is 2.27. The molecular formula is C9H8ClF3N2O. The number of nitrogens with two attached hydrogens (primary N) is 1. The van der Waals surface area contributed by atoms with Gasteiger partial charge in [-0.25, -0.2) is 0 Å². The van der Waals surface area contributed by atoms with Crippen LogP contribution in [0.4, 0.5) is 18.9 Å². The van der Waals surface area contributed by atoms with Crippen LogP contribution in [0.3, 0.4) is 0 Å². The molecule has 0 heterocycles. The molecule has 3 nitrogen and oxygen atoms in total. The van der Waals surface area contributed by atoms with Gasteiger partial charge >= 0.3 is 6.18 Å². The van der Waals surface area contributed by atoms with Crippen LogP contribution in [0.1, 0.15) is 10.4 Å². The smallest absolute Gasteiger partial charge is 0.398 e. The fourth-order valence-electron chi connectivity index (χ4n) is 0.951. The van der Waals surface area contributed by atoms with E-state index >= 15 is 0 Å². The molecule has 0 aliphatic carbocycles. The van der Waals surface area contributed by atoms with Crippen molar-refractivity contribution >= 4 is 23.2 Å². The number of amides is 1. The predicted molar refractivity (Wildman–Crippen MR) is 54.3 cm³/mol. The monoisotopic (exact) mass is 252 g/mol. The summed E-state index contributed by atoms with van der Waals surface area (Å²) in [6.45, 7) is -1.38. The summed E-state index contributed by atoms with van der Waals surface area (Å²) in [6, 6.07) is 3.86. The molecule has 0 saturated carbocycles. The van der Waals surface area contributed by atoms with Crippen LogP contribution in [0.2, 0.25) is 5.02 Å². The third kappa shape index (κ3) is 3.62. The van der Waals surface area contributed by atoms with E-state index in [1.54, 1.807) is 5.32 Å². The van der Waals surface area contributed by atoms with Crippen molar-refractivity contribution in [1.29, 1.82) is 0 Å². The van der Waals surface area contributed by atoms with Gasteiger partial charge in [0.25, 0.3) is 5.91 Å². The molecule has 0 spiro atoms. The highest BCUT2D eigenvalue weighted by atomic mass is 35.5. The van der Waals surface area contributed by atoms with Crippen LogP contribution in [-0.4, -0.2) is 18.6 Å². The van der Waals surface area contributed by atoms with Gasteiger partial charge in [-0.2, -0.15) is 13.2 Å². The average molecular weight is 253 g/mol. The van der Waals surface area contributed by atoms with Crippen LogP contribution >= 0.6 is 11.6 Å². The lowest BCUT2D eigenvalue weighted by molar-refractivity contribution is -0.123. The number of nitrogen functional groups attached to an aromatic ring is 1. The summed E-state index contributed by atoms with van der Waals surface area (Å²) in [4.78, 5) is 11.2. The van der Waals surface area contributed by atoms with Crippen LogP contribution < -0.4 is 11.1 Å². The molecule has 1 aromatic rings. The van der Waals surface area contributed by atoms with Gasteiger partial charge in [-0.1, -0.05) is 11.6 Å². The number of rotatable bonds is 2. The quantitative estimate of drug-likeness (QED) is 0.793. The lowest BCUT2D eigenvalue weighted by atomic mass is 10.2. The normalized spacial score (nSPS) is 11.2. The van der Waals surface area contributed by atoms with E-state index in [2.05, 4.69) is 0 Å². The minimum Gasteiger partial charge on any atom is -0.398 e. The lowest BCUT2D eigenvalue weighted by Gasteiger charge is -2.08. The molecule has 0 aliphatic rings. The Bertz CT molecular complexity index is 406. The summed E-state index contributed by atoms with van der Waals surface area (Å²) in [5, 5.41) is 1.85. The van der Waals surface area contributed by atoms with Crippen LogP contribution in [0.25, 0.3) is 0 Å². The second-order valence-corrected chi connectivity index (χ2v) is 3.44. The Kier molecular flexibility index (Phi) is 3.64. The van der Waals surface area contributed by atoms with E-state index in [-0.39, 0.29) is 16.3 Å². The standard InChI is InChI=1S/C9H8ClF3N2O/c10-6-3-5(1-2-7(6)14)8(16)15-4-9(11,12)13/h1-3H,4,14H2,(H,15,16). The first kappa shape index (κ1) is 12.6. The minimum atomic E-state index is -4.44. The Balaban J connectivity index is 2.70. The van der Waals surface area contributed by atoms with E-state index in [9.17, 15) is 18.0 Å². The number of carbonyl (C=O) groups excluding carboxylic acids is 1. The van der Waals surface area contributed by atoms with Crippen LogP contribution in [0.5, 0.6) is 0 Å². The van der Waals surface area contributed by atoms with Crippen LogP contribution in [0.15, 0.2) is 18.2 Å². The van der Waals surface area contributed by atoms with Gasteiger partial charge in [0.1, 0.15) is 6.54 Å². The largest absolute Gasteiger partial charge is 0.405 e. The van der Waals surface area contributed by atoms with Gasteiger partial charge in [0.05, 0.1) is 10.7 Å². The molecule has 0 aliphatic heterocycles. The summed E-state index contributed by atoms with van der Waals surface area (Å²) >= 11 is 5.62. The van der Waals surface area contributed by atoms with Crippen molar-refractivity contribution in [2.75, 3.05) is 12.3 Å². The number of carbonyl (C=O) groups is 1. The maximum absolute atomic E-state index is 11.8. The van der Waals surface area contributed by atoms with E-state index in [1.165, 1.54) is 18.2 Å². The summed E-state index contributed by atoms with van der Waals surface area (Å²) in [5.41, 5.74) is 5.68. The number of anilines is 1. The summed E-state index contributed by atoms with van der Waals surface area (Å²) in [7, 11) is 0. The van der Waals surface area contributed by atoms with Gasteiger partial charge in [-0.15, -0.1) is 0 Å². The van der Waals surface area contributed by atoms with Gasteiger partial charge in [-0.05, 0) is 18.2 Å². The Morgan fingerprint density at radius 1 is 1.44 bits per heavy atom. The molecule has 0 radical (unpaired) electrons. The van der Waals surface area contributed by atoms with E-state index < -0.39 is 18.6 Å². The summed E-state index contributed by atoms with van der Waals surface area (Å²) < 4.78 is 35.4. The number of hydrogen-bond acceptors (Lipinski definition) is 2. The predicted octanol–water partition coefficient (Wildman–Crippen LogP) is 2.21. The number of alkyl halides is 3. The highest BCUT2D eigenvalue weighted by Crippen LogP contribution is 2.20. The van der Waals surface area contributed by atoms with Crippen molar-refractivity contribution in [1.82, 2.24) is 5.32 Å². The van der Waals surface area contributed by atoms with Crippen molar-refractivity contribution in [2.45, 2.75) is 6.18 Å². The number of nitrogens with one attached hydrogen (secondary N) is 1. The zero-order valence-electron chi connectivity index (χ0n) is 7.94. The second-order valence-electron chi connectivity index (χ2n) is 3.03. The van der Waals surface area contributed by atoms with E-state index in [0.29, 0.717) is 0 Å². The van der Waals surface area contributed by atoms with Crippen LogP contribution in [0, 0.1) is 0 Å². The molecule has 16 heavy (non-hydrogen) atoms. The molecule has 1 aromatic carbocycles. The maximum Gasteiger partial charge on any atom is 0.405 e. The average Bonchev–Trinajstić information content (AvgIpc) is 2.17. The number of halogens is 4. The van der Waals surface area contributed by atoms with Crippen LogP contribution in [-0.2, 0) is 0 Å². The maximum atomic E-state index is 11.8. The molecule has 0 unspecified atom stereocenters. The molecule has 7 heteroatoms. The second kappa shape index (κ2) is 4.61. The minimum absolute atomic E-state index is 0.0310. The van der Waals surface area contributed by atoms with Crippen molar-refractivity contribution < 1.29 is 18.0 Å². The molecule has 1 amide bonds.